The molecular formula is C13H18O4S. The van der Waals surface area contributed by atoms with Gasteiger partial charge in [-0.1, -0.05) is 12.1 Å². The molecule has 0 saturated heterocycles. The second-order valence-corrected chi connectivity index (χ2v) is 4.71. The van der Waals surface area contributed by atoms with E-state index in [0.29, 0.717) is 17.1 Å². The fraction of sp³-hybridized carbons (Fsp3) is 0.462. The van der Waals surface area contributed by atoms with Gasteiger partial charge in [0, 0.05) is 5.75 Å². The van der Waals surface area contributed by atoms with Crippen LogP contribution in [0.2, 0.25) is 0 Å². The summed E-state index contributed by atoms with van der Waals surface area (Å²) in [5.74, 6) is 0.274. The van der Waals surface area contributed by atoms with Gasteiger partial charge in [-0.25, -0.2) is 0 Å². The molecule has 0 bridgehead atoms. The highest BCUT2D eigenvalue weighted by molar-refractivity contribution is 7.98. The summed E-state index contributed by atoms with van der Waals surface area (Å²) < 4.78 is 9.76. The lowest BCUT2D eigenvalue weighted by atomic mass is 9.97. The van der Waals surface area contributed by atoms with Gasteiger partial charge in [-0.2, -0.15) is 11.8 Å². The third-order valence-corrected chi connectivity index (χ3v) is 3.38. The van der Waals surface area contributed by atoms with Gasteiger partial charge in [0.1, 0.15) is 5.75 Å². The van der Waals surface area contributed by atoms with Crippen LogP contribution < -0.4 is 4.74 Å². The number of carbonyl (C=O) groups is 1. The maximum atomic E-state index is 11.6. The van der Waals surface area contributed by atoms with E-state index in [1.165, 1.54) is 18.9 Å². The Labute approximate surface area is 111 Å². The molecule has 2 atom stereocenters. The average Bonchev–Trinajstić information content (AvgIpc) is 2.43. The molecule has 0 spiro atoms. The second kappa shape index (κ2) is 7.28. The minimum atomic E-state index is -0.865. The minimum Gasteiger partial charge on any atom is -0.497 e. The Morgan fingerprint density at radius 1 is 1.33 bits per heavy atom. The molecule has 5 heteroatoms. The molecule has 0 aliphatic carbocycles. The predicted molar refractivity (Wildman–Crippen MR) is 71.8 cm³/mol. The van der Waals surface area contributed by atoms with Crippen LogP contribution in [-0.4, -0.2) is 37.3 Å². The Morgan fingerprint density at radius 2 is 1.94 bits per heavy atom. The van der Waals surface area contributed by atoms with Crippen molar-refractivity contribution in [2.45, 2.75) is 6.10 Å². The maximum absolute atomic E-state index is 11.6. The van der Waals surface area contributed by atoms with Gasteiger partial charge in [-0.3, -0.25) is 4.79 Å². The first-order valence-corrected chi connectivity index (χ1v) is 6.92. The third kappa shape index (κ3) is 3.65. The van der Waals surface area contributed by atoms with Crippen LogP contribution >= 0.6 is 11.8 Å². The van der Waals surface area contributed by atoms with Crippen LogP contribution in [0.3, 0.4) is 0 Å². The molecule has 0 radical (unpaired) electrons. The van der Waals surface area contributed by atoms with E-state index in [4.69, 9.17) is 9.47 Å². The number of aliphatic hydroxyl groups is 1. The molecule has 0 fully saturated rings. The van der Waals surface area contributed by atoms with Crippen molar-refractivity contribution in [3.05, 3.63) is 29.8 Å². The molecule has 1 N–H and O–H groups in total. The fourth-order valence-corrected chi connectivity index (χ4v) is 2.33. The van der Waals surface area contributed by atoms with Crippen molar-refractivity contribution in [1.82, 2.24) is 0 Å². The molecule has 18 heavy (non-hydrogen) atoms. The number of ether oxygens (including phenoxy) is 2. The van der Waals surface area contributed by atoms with Crippen molar-refractivity contribution in [2.24, 2.45) is 5.92 Å². The molecular weight excluding hydrogens is 252 g/mol. The van der Waals surface area contributed by atoms with Crippen LogP contribution in [-0.2, 0) is 9.53 Å². The van der Waals surface area contributed by atoms with Crippen molar-refractivity contribution >= 4 is 17.7 Å². The van der Waals surface area contributed by atoms with E-state index in [9.17, 15) is 9.90 Å². The molecule has 1 rings (SSSR count). The van der Waals surface area contributed by atoms with E-state index in [1.807, 2.05) is 6.26 Å². The zero-order chi connectivity index (χ0) is 13.5. The van der Waals surface area contributed by atoms with Crippen molar-refractivity contribution < 1.29 is 19.4 Å². The lowest BCUT2D eigenvalue weighted by Gasteiger charge is -2.20. The monoisotopic (exact) mass is 270 g/mol. The Balaban J connectivity index is 2.86. The highest BCUT2D eigenvalue weighted by Crippen LogP contribution is 2.27. The molecule has 4 nitrogen and oxygen atoms in total. The van der Waals surface area contributed by atoms with Gasteiger partial charge in [0.05, 0.1) is 26.2 Å². The average molecular weight is 270 g/mol. The topological polar surface area (TPSA) is 55.8 Å². The standard InChI is InChI=1S/C13H18O4S/c1-16-10-6-4-9(5-7-10)12(14)11(8-18-3)13(15)17-2/h4-7,11-12,14H,8H2,1-3H3. The molecule has 0 aromatic heterocycles. The summed E-state index contributed by atoms with van der Waals surface area (Å²) in [4.78, 5) is 11.6. The van der Waals surface area contributed by atoms with Gasteiger partial charge in [0.25, 0.3) is 0 Å². The van der Waals surface area contributed by atoms with Crippen LogP contribution in [0.25, 0.3) is 0 Å². The normalized spacial score (nSPS) is 13.8. The third-order valence-electron chi connectivity index (χ3n) is 2.69. The van der Waals surface area contributed by atoms with Crippen molar-refractivity contribution in [1.29, 1.82) is 0 Å². The minimum absolute atomic E-state index is 0.396. The van der Waals surface area contributed by atoms with Crippen molar-refractivity contribution in [3.8, 4) is 5.75 Å². The van der Waals surface area contributed by atoms with E-state index in [-0.39, 0.29) is 0 Å². The van der Waals surface area contributed by atoms with Crippen LogP contribution in [0.4, 0.5) is 0 Å². The molecule has 0 amide bonds. The van der Waals surface area contributed by atoms with Crippen molar-refractivity contribution in [2.75, 3.05) is 26.2 Å². The Morgan fingerprint density at radius 3 is 2.39 bits per heavy atom. The predicted octanol–water partition coefficient (Wildman–Crippen LogP) is 1.88. The molecule has 0 heterocycles. The number of carbonyl (C=O) groups excluding carboxylic acids is 1. The Kier molecular flexibility index (Phi) is 6.01. The first-order valence-electron chi connectivity index (χ1n) is 5.52. The van der Waals surface area contributed by atoms with E-state index in [2.05, 4.69) is 0 Å². The van der Waals surface area contributed by atoms with Crippen molar-refractivity contribution in [3.63, 3.8) is 0 Å². The fourth-order valence-electron chi connectivity index (χ4n) is 1.65. The summed E-state index contributed by atoms with van der Waals surface area (Å²) in [5, 5.41) is 10.2. The van der Waals surface area contributed by atoms with E-state index in [0.717, 1.165) is 0 Å². The lowest BCUT2D eigenvalue weighted by Crippen LogP contribution is -2.25. The molecule has 0 saturated carbocycles. The molecule has 100 valence electrons. The van der Waals surface area contributed by atoms with Gasteiger partial charge in [0.2, 0.25) is 0 Å². The lowest BCUT2D eigenvalue weighted by molar-refractivity contribution is -0.148. The van der Waals surface area contributed by atoms with Gasteiger partial charge in [0.15, 0.2) is 0 Å². The Bertz CT molecular complexity index is 377. The summed E-state index contributed by atoms with van der Waals surface area (Å²) in [6.45, 7) is 0. The van der Waals surface area contributed by atoms with Gasteiger partial charge < -0.3 is 14.6 Å². The first kappa shape index (κ1) is 14.9. The van der Waals surface area contributed by atoms with Crippen LogP contribution in [0.5, 0.6) is 5.75 Å². The van der Waals surface area contributed by atoms with Crippen LogP contribution in [0.15, 0.2) is 24.3 Å². The number of aliphatic hydroxyl groups excluding tert-OH is 1. The quantitative estimate of drug-likeness (QED) is 0.800. The number of thioether (sulfide) groups is 1. The molecule has 1 aromatic carbocycles. The molecule has 0 aliphatic heterocycles. The SMILES string of the molecule is COC(=O)C(CSC)C(O)c1ccc(OC)cc1. The van der Waals surface area contributed by atoms with Gasteiger partial charge in [-0.15, -0.1) is 0 Å². The number of hydrogen-bond acceptors (Lipinski definition) is 5. The Hall–Kier alpha value is -1.20. The van der Waals surface area contributed by atoms with Gasteiger partial charge >= 0.3 is 5.97 Å². The zero-order valence-electron chi connectivity index (χ0n) is 10.8. The zero-order valence-corrected chi connectivity index (χ0v) is 11.6. The number of rotatable bonds is 6. The number of benzene rings is 1. The second-order valence-electron chi connectivity index (χ2n) is 3.80. The summed E-state index contributed by atoms with van der Waals surface area (Å²) in [7, 11) is 2.91. The first-order chi connectivity index (χ1) is 8.63. The number of hydrogen-bond donors (Lipinski definition) is 1. The van der Waals surface area contributed by atoms with Gasteiger partial charge in [-0.05, 0) is 24.0 Å². The summed E-state index contributed by atoms with van der Waals surface area (Å²) in [5.41, 5.74) is 0.681. The van der Waals surface area contributed by atoms with Crippen LogP contribution in [0.1, 0.15) is 11.7 Å². The number of methoxy groups -OCH3 is 2. The molecule has 0 aliphatic rings. The summed E-state index contributed by atoms with van der Waals surface area (Å²) in [6, 6.07) is 7.01. The summed E-state index contributed by atoms with van der Waals surface area (Å²) in [6.07, 6.45) is 1.02. The highest BCUT2D eigenvalue weighted by atomic mass is 32.2. The molecule has 1 aromatic rings. The smallest absolute Gasteiger partial charge is 0.312 e. The number of esters is 1. The maximum Gasteiger partial charge on any atom is 0.312 e. The van der Waals surface area contributed by atoms with E-state index in [1.54, 1.807) is 31.4 Å². The molecule has 2 unspecified atom stereocenters. The van der Waals surface area contributed by atoms with E-state index < -0.39 is 18.0 Å². The van der Waals surface area contributed by atoms with E-state index >= 15 is 0 Å². The summed E-state index contributed by atoms with van der Waals surface area (Å²) >= 11 is 1.50. The van der Waals surface area contributed by atoms with Crippen LogP contribution in [0, 0.1) is 5.92 Å². The largest absolute Gasteiger partial charge is 0.497 e. The highest BCUT2D eigenvalue weighted by Gasteiger charge is 2.28.